The van der Waals surface area contributed by atoms with Crippen LogP contribution in [0.2, 0.25) is 0 Å². The minimum Gasteiger partial charge on any atom is -0.490 e. The lowest BCUT2D eigenvalue weighted by Crippen LogP contribution is -2.47. The van der Waals surface area contributed by atoms with Crippen molar-refractivity contribution >= 4 is 17.5 Å². The van der Waals surface area contributed by atoms with Crippen LogP contribution >= 0.6 is 0 Å². The highest BCUT2D eigenvalue weighted by atomic mass is 19.1. The van der Waals surface area contributed by atoms with Crippen molar-refractivity contribution in [3.05, 3.63) is 54.1 Å². The SMILES string of the molecule is CC.CC1CCC(C(=O)Nc2ccnc(C(=O)N3CCN(C)CC3)c2)O1.Fc1cccc(OC2CC2)c1. The Balaban J connectivity index is 0.000000243. The Labute approximate surface area is 219 Å². The number of amides is 2. The summed E-state index contributed by atoms with van der Waals surface area (Å²) in [6.07, 6.45) is 5.44. The van der Waals surface area contributed by atoms with Gasteiger partial charge >= 0.3 is 0 Å². The molecule has 2 aromatic rings. The molecule has 37 heavy (non-hydrogen) atoms. The van der Waals surface area contributed by atoms with Crippen LogP contribution in [-0.2, 0) is 9.53 Å². The van der Waals surface area contributed by atoms with Crippen LogP contribution in [0.15, 0.2) is 42.6 Å². The van der Waals surface area contributed by atoms with Crippen LogP contribution in [0.4, 0.5) is 10.1 Å². The number of likely N-dealkylation sites (N-methyl/N-ethyl adjacent to an activating group) is 1. The second-order valence-corrected chi connectivity index (χ2v) is 9.30. The standard InChI is InChI=1S/C17H24N4O3.C9H9FO.C2H6/c1-12-3-4-15(24-12)16(22)19-13-5-6-18-14(11-13)17(23)21-9-7-20(2)8-10-21;10-7-2-1-3-9(6-7)11-8-4-5-8;1-2/h5-6,11-12,15H,3-4,7-10H2,1-2H3,(H,18,19,22);1-3,6,8H,4-5H2;1-2H3. The Bertz CT molecular complexity index is 1020. The number of nitrogens with one attached hydrogen (secondary N) is 1. The number of benzene rings is 1. The molecule has 0 radical (unpaired) electrons. The van der Waals surface area contributed by atoms with Crippen LogP contribution in [-0.4, -0.2) is 78.1 Å². The topological polar surface area (TPSA) is 84.0 Å². The fraction of sp³-hybridized carbons (Fsp3) is 0.536. The fourth-order valence-corrected chi connectivity index (χ4v) is 3.93. The summed E-state index contributed by atoms with van der Waals surface area (Å²) >= 11 is 0. The van der Waals surface area contributed by atoms with Gasteiger partial charge in [-0.1, -0.05) is 19.9 Å². The van der Waals surface area contributed by atoms with Crippen LogP contribution in [0.3, 0.4) is 0 Å². The van der Waals surface area contributed by atoms with Gasteiger partial charge in [0.15, 0.2) is 0 Å². The maximum absolute atomic E-state index is 12.6. The average Bonchev–Trinajstić information content (AvgIpc) is 3.61. The minimum atomic E-state index is -0.412. The third-order valence-electron chi connectivity index (χ3n) is 6.18. The lowest BCUT2D eigenvalue weighted by molar-refractivity contribution is -0.126. The lowest BCUT2D eigenvalue weighted by atomic mass is 10.2. The van der Waals surface area contributed by atoms with E-state index in [1.807, 2.05) is 27.8 Å². The van der Waals surface area contributed by atoms with Gasteiger partial charge in [-0.2, -0.15) is 0 Å². The van der Waals surface area contributed by atoms with Gasteiger partial charge in [-0.15, -0.1) is 0 Å². The fourth-order valence-electron chi connectivity index (χ4n) is 3.93. The van der Waals surface area contributed by atoms with Gasteiger partial charge in [0.2, 0.25) is 0 Å². The van der Waals surface area contributed by atoms with Gasteiger partial charge in [0.05, 0.1) is 12.2 Å². The highest BCUT2D eigenvalue weighted by molar-refractivity contribution is 5.97. The molecule has 2 amide bonds. The van der Waals surface area contributed by atoms with Gasteiger partial charge in [0.25, 0.3) is 11.8 Å². The zero-order chi connectivity index (χ0) is 26.8. The number of nitrogens with zero attached hydrogens (tertiary/aromatic N) is 3. The number of ether oxygens (including phenoxy) is 2. The second kappa shape index (κ2) is 14.0. The van der Waals surface area contributed by atoms with Crippen LogP contribution in [0.25, 0.3) is 0 Å². The van der Waals surface area contributed by atoms with Crippen molar-refractivity contribution < 1.29 is 23.5 Å². The highest BCUT2D eigenvalue weighted by Crippen LogP contribution is 2.26. The smallest absolute Gasteiger partial charge is 0.272 e. The molecule has 1 N–H and O–H groups in total. The maximum Gasteiger partial charge on any atom is 0.272 e. The molecular formula is C28H39FN4O4. The van der Waals surface area contributed by atoms with Crippen molar-refractivity contribution in [2.75, 3.05) is 38.5 Å². The van der Waals surface area contributed by atoms with Crippen LogP contribution in [0, 0.1) is 5.82 Å². The quantitative estimate of drug-likeness (QED) is 0.638. The Hall–Kier alpha value is -3.04. The normalized spacial score (nSPS) is 21.2. The first-order valence-corrected chi connectivity index (χ1v) is 13.2. The molecule has 1 aromatic carbocycles. The number of pyridine rings is 1. The molecule has 5 rings (SSSR count). The number of anilines is 1. The summed E-state index contributed by atoms with van der Waals surface area (Å²) in [4.78, 5) is 32.9. The molecule has 8 nitrogen and oxygen atoms in total. The van der Waals surface area contributed by atoms with Crippen molar-refractivity contribution in [1.29, 1.82) is 0 Å². The zero-order valence-corrected chi connectivity index (χ0v) is 22.3. The molecule has 2 atom stereocenters. The molecule has 2 saturated heterocycles. The molecule has 1 aromatic heterocycles. The number of halogens is 1. The van der Waals surface area contributed by atoms with Crippen molar-refractivity contribution in [3.63, 3.8) is 0 Å². The van der Waals surface area contributed by atoms with Gasteiger partial charge in [0.1, 0.15) is 23.4 Å². The van der Waals surface area contributed by atoms with E-state index in [0.29, 0.717) is 36.3 Å². The highest BCUT2D eigenvalue weighted by Gasteiger charge is 2.28. The molecule has 1 saturated carbocycles. The van der Waals surface area contributed by atoms with E-state index in [0.717, 1.165) is 38.8 Å². The Morgan fingerprint density at radius 3 is 2.41 bits per heavy atom. The number of hydrogen-bond acceptors (Lipinski definition) is 6. The summed E-state index contributed by atoms with van der Waals surface area (Å²) < 4.78 is 23.5. The molecule has 2 aliphatic heterocycles. The largest absolute Gasteiger partial charge is 0.490 e. The number of carbonyl (C=O) groups excluding carboxylic acids is 2. The molecule has 3 fully saturated rings. The maximum atomic E-state index is 12.6. The summed E-state index contributed by atoms with van der Waals surface area (Å²) in [5.41, 5.74) is 0.939. The van der Waals surface area contributed by atoms with Crippen molar-refractivity contribution in [2.24, 2.45) is 0 Å². The van der Waals surface area contributed by atoms with E-state index in [1.54, 1.807) is 35.4 Å². The van der Waals surface area contributed by atoms with Crippen molar-refractivity contribution in [3.8, 4) is 5.75 Å². The van der Waals surface area contributed by atoms with Crippen molar-refractivity contribution in [2.45, 2.75) is 64.8 Å². The first-order valence-electron chi connectivity index (χ1n) is 13.2. The summed E-state index contributed by atoms with van der Waals surface area (Å²) in [6, 6.07) is 9.60. The molecule has 3 heterocycles. The minimum absolute atomic E-state index is 0.0927. The van der Waals surface area contributed by atoms with Gasteiger partial charge in [-0.3, -0.25) is 14.6 Å². The van der Waals surface area contributed by atoms with Crippen LogP contribution in [0.5, 0.6) is 5.75 Å². The number of aromatic nitrogens is 1. The molecule has 0 bridgehead atoms. The van der Waals surface area contributed by atoms with E-state index in [4.69, 9.17) is 9.47 Å². The number of piperazine rings is 1. The Morgan fingerprint density at radius 1 is 1.05 bits per heavy atom. The van der Waals surface area contributed by atoms with Crippen molar-refractivity contribution in [1.82, 2.24) is 14.8 Å². The summed E-state index contributed by atoms with van der Waals surface area (Å²) in [5, 5.41) is 2.83. The summed E-state index contributed by atoms with van der Waals surface area (Å²) in [5.74, 6) is 0.157. The molecule has 0 spiro atoms. The van der Waals surface area contributed by atoms with Gasteiger partial charge in [0, 0.05) is 44.1 Å². The van der Waals surface area contributed by atoms with Crippen LogP contribution in [0.1, 0.15) is 56.9 Å². The molecular weight excluding hydrogens is 475 g/mol. The van der Waals surface area contributed by atoms with Gasteiger partial charge in [-0.05, 0) is 63.9 Å². The number of rotatable bonds is 5. The Morgan fingerprint density at radius 2 is 1.78 bits per heavy atom. The number of carbonyl (C=O) groups is 2. The summed E-state index contributed by atoms with van der Waals surface area (Å²) in [7, 11) is 2.04. The third-order valence-corrected chi connectivity index (χ3v) is 6.18. The third kappa shape index (κ3) is 9.09. The van der Waals surface area contributed by atoms with Gasteiger partial charge < -0.3 is 24.6 Å². The number of hydrogen-bond donors (Lipinski definition) is 1. The second-order valence-electron chi connectivity index (χ2n) is 9.30. The molecule has 9 heteroatoms. The van der Waals surface area contributed by atoms with E-state index >= 15 is 0 Å². The molecule has 2 unspecified atom stereocenters. The monoisotopic (exact) mass is 514 g/mol. The summed E-state index contributed by atoms with van der Waals surface area (Å²) in [6.45, 7) is 9.08. The van der Waals surface area contributed by atoms with Gasteiger partial charge in [-0.25, -0.2) is 4.39 Å². The molecule has 1 aliphatic carbocycles. The van der Waals surface area contributed by atoms with E-state index < -0.39 is 6.10 Å². The average molecular weight is 515 g/mol. The predicted molar refractivity (Wildman–Crippen MR) is 141 cm³/mol. The van der Waals surface area contributed by atoms with E-state index in [9.17, 15) is 14.0 Å². The first-order chi connectivity index (χ1) is 17.9. The van der Waals surface area contributed by atoms with E-state index in [-0.39, 0.29) is 23.7 Å². The molecule has 3 aliphatic rings. The zero-order valence-electron chi connectivity index (χ0n) is 22.3. The Kier molecular flexibility index (Phi) is 10.8. The molecule has 202 valence electrons. The van der Waals surface area contributed by atoms with E-state index in [2.05, 4.69) is 15.2 Å². The lowest BCUT2D eigenvalue weighted by Gasteiger charge is -2.32. The first kappa shape index (κ1) is 28.5. The van der Waals surface area contributed by atoms with E-state index in [1.165, 1.54) is 12.1 Å². The predicted octanol–water partition coefficient (Wildman–Crippen LogP) is 4.37. The van der Waals surface area contributed by atoms with Crippen LogP contribution < -0.4 is 10.1 Å².